The minimum atomic E-state index is -0.0673. The van der Waals surface area contributed by atoms with Crippen LogP contribution in [0.25, 0.3) is 33.3 Å². The van der Waals surface area contributed by atoms with Gasteiger partial charge in [0, 0.05) is 11.6 Å². The number of hydrogen-bond acceptors (Lipinski definition) is 4. The maximum absolute atomic E-state index is 12.1. The molecule has 20 heavy (non-hydrogen) atoms. The Morgan fingerprint density at radius 2 is 1.90 bits per heavy atom. The molecule has 4 rings (SSSR count). The molecule has 0 spiro atoms. The smallest absolute Gasteiger partial charge is 0.193 e. The van der Waals surface area contributed by atoms with Crippen molar-refractivity contribution in [1.82, 2.24) is 15.4 Å². The second kappa shape index (κ2) is 4.03. The van der Waals surface area contributed by atoms with Crippen molar-refractivity contribution in [2.24, 2.45) is 0 Å². The van der Waals surface area contributed by atoms with E-state index in [0.29, 0.717) is 22.2 Å². The Hall–Kier alpha value is -2.95. The molecule has 2 aromatic carbocycles. The van der Waals surface area contributed by atoms with E-state index < -0.39 is 0 Å². The van der Waals surface area contributed by atoms with Crippen molar-refractivity contribution in [3.05, 3.63) is 58.8 Å². The average Bonchev–Trinajstić information content (AvgIpc) is 2.95. The molecule has 0 saturated heterocycles. The van der Waals surface area contributed by atoms with Crippen LogP contribution in [0, 0.1) is 0 Å². The van der Waals surface area contributed by atoms with Crippen LogP contribution in [-0.2, 0) is 0 Å². The zero-order chi connectivity index (χ0) is 13.5. The molecule has 4 aromatic rings. The Kier molecular flexibility index (Phi) is 2.20. The van der Waals surface area contributed by atoms with E-state index in [1.807, 2.05) is 30.3 Å². The number of hydrogen-bond donors (Lipinski definition) is 1. The summed E-state index contributed by atoms with van der Waals surface area (Å²) in [5.41, 5.74) is 2.67. The van der Waals surface area contributed by atoms with Crippen molar-refractivity contribution < 1.29 is 4.42 Å². The van der Waals surface area contributed by atoms with Gasteiger partial charge in [-0.25, -0.2) is 0 Å². The molecule has 0 aliphatic rings. The Bertz CT molecular complexity index is 985. The summed E-state index contributed by atoms with van der Waals surface area (Å²) >= 11 is 0. The summed E-state index contributed by atoms with van der Waals surface area (Å²) in [5.74, 6) is 0.494. The molecule has 5 heteroatoms. The van der Waals surface area contributed by atoms with Gasteiger partial charge in [0.25, 0.3) is 0 Å². The van der Waals surface area contributed by atoms with Crippen molar-refractivity contribution in [1.29, 1.82) is 0 Å². The standard InChI is InChI=1S/C15H9N3O2/c19-12-8-14(20-13-7-2-1-4-9(12)13)10-5-3-6-11-15(10)17-18-16-11/h1-8H,(H,16,17,18). The first-order valence-corrected chi connectivity index (χ1v) is 6.16. The second-order valence-electron chi connectivity index (χ2n) is 4.47. The van der Waals surface area contributed by atoms with Gasteiger partial charge in [0.15, 0.2) is 5.43 Å². The van der Waals surface area contributed by atoms with Gasteiger partial charge in [-0.05, 0) is 24.3 Å². The monoisotopic (exact) mass is 263 g/mol. The number of aromatic nitrogens is 3. The molecule has 2 aromatic heterocycles. The summed E-state index contributed by atoms with van der Waals surface area (Å²) in [6.07, 6.45) is 0. The van der Waals surface area contributed by atoms with Gasteiger partial charge in [-0.3, -0.25) is 4.79 Å². The van der Waals surface area contributed by atoms with Gasteiger partial charge in [-0.1, -0.05) is 18.2 Å². The first kappa shape index (κ1) is 10.9. The third-order valence-electron chi connectivity index (χ3n) is 3.25. The predicted octanol–water partition coefficient (Wildman–Crippen LogP) is 2.73. The zero-order valence-electron chi connectivity index (χ0n) is 10.3. The highest BCUT2D eigenvalue weighted by atomic mass is 16.3. The SMILES string of the molecule is O=c1cc(-c2cccc3n[nH]nc23)oc2ccccc12. The average molecular weight is 263 g/mol. The van der Waals surface area contributed by atoms with E-state index >= 15 is 0 Å². The Morgan fingerprint density at radius 1 is 1.00 bits per heavy atom. The van der Waals surface area contributed by atoms with Gasteiger partial charge in [0.2, 0.25) is 0 Å². The summed E-state index contributed by atoms with van der Waals surface area (Å²) < 4.78 is 5.82. The third-order valence-corrected chi connectivity index (χ3v) is 3.25. The molecule has 0 aliphatic heterocycles. The van der Waals surface area contributed by atoms with Crippen LogP contribution >= 0.6 is 0 Å². The molecular formula is C15H9N3O2. The minimum absolute atomic E-state index is 0.0673. The van der Waals surface area contributed by atoms with E-state index in [1.165, 1.54) is 6.07 Å². The number of aromatic amines is 1. The zero-order valence-corrected chi connectivity index (χ0v) is 10.3. The normalized spacial score (nSPS) is 11.2. The molecule has 5 nitrogen and oxygen atoms in total. The Balaban J connectivity index is 2.08. The van der Waals surface area contributed by atoms with Crippen LogP contribution in [0.2, 0.25) is 0 Å². The van der Waals surface area contributed by atoms with Gasteiger partial charge >= 0.3 is 0 Å². The van der Waals surface area contributed by atoms with E-state index in [4.69, 9.17) is 4.42 Å². The van der Waals surface area contributed by atoms with Crippen LogP contribution in [0.4, 0.5) is 0 Å². The first-order chi connectivity index (χ1) is 9.83. The molecule has 0 aliphatic carbocycles. The fourth-order valence-electron chi connectivity index (χ4n) is 2.30. The van der Waals surface area contributed by atoms with Crippen LogP contribution in [0.5, 0.6) is 0 Å². The van der Waals surface area contributed by atoms with Gasteiger partial charge in [-0.15, -0.1) is 0 Å². The molecule has 0 fully saturated rings. The number of fused-ring (bicyclic) bond motifs is 2. The molecule has 2 heterocycles. The molecule has 0 amide bonds. The maximum Gasteiger partial charge on any atom is 0.193 e. The molecule has 96 valence electrons. The Labute approximate surface area is 112 Å². The van der Waals surface area contributed by atoms with Gasteiger partial charge in [0.1, 0.15) is 22.4 Å². The highest BCUT2D eigenvalue weighted by molar-refractivity contribution is 5.90. The number of nitrogens with one attached hydrogen (secondary N) is 1. The van der Waals surface area contributed by atoms with E-state index in [0.717, 1.165) is 11.1 Å². The number of nitrogens with zero attached hydrogens (tertiary/aromatic N) is 2. The van der Waals surface area contributed by atoms with Crippen LogP contribution < -0.4 is 5.43 Å². The highest BCUT2D eigenvalue weighted by Crippen LogP contribution is 2.27. The number of para-hydroxylation sites is 2. The van der Waals surface area contributed by atoms with Crippen LogP contribution in [0.3, 0.4) is 0 Å². The van der Waals surface area contributed by atoms with Crippen LogP contribution in [-0.4, -0.2) is 15.4 Å². The fourth-order valence-corrected chi connectivity index (χ4v) is 2.30. The third kappa shape index (κ3) is 1.53. The summed E-state index contributed by atoms with van der Waals surface area (Å²) in [6.45, 7) is 0. The first-order valence-electron chi connectivity index (χ1n) is 6.16. The predicted molar refractivity (Wildman–Crippen MR) is 75.4 cm³/mol. The molecule has 0 saturated carbocycles. The maximum atomic E-state index is 12.1. The van der Waals surface area contributed by atoms with Gasteiger partial charge in [-0.2, -0.15) is 15.4 Å². The van der Waals surface area contributed by atoms with Crippen molar-refractivity contribution in [2.75, 3.05) is 0 Å². The number of H-pyrrole nitrogens is 1. The summed E-state index contributed by atoms with van der Waals surface area (Å²) in [6, 6.07) is 14.2. The summed E-state index contributed by atoms with van der Waals surface area (Å²) in [4.78, 5) is 12.1. The lowest BCUT2D eigenvalue weighted by Crippen LogP contribution is -2.00. The molecule has 0 radical (unpaired) electrons. The largest absolute Gasteiger partial charge is 0.456 e. The molecule has 0 atom stereocenters. The topological polar surface area (TPSA) is 71.8 Å². The molecular weight excluding hydrogens is 254 g/mol. The van der Waals surface area contributed by atoms with Crippen molar-refractivity contribution in [3.63, 3.8) is 0 Å². The quantitative estimate of drug-likeness (QED) is 0.573. The van der Waals surface area contributed by atoms with E-state index in [9.17, 15) is 4.79 Å². The molecule has 1 N–H and O–H groups in total. The van der Waals surface area contributed by atoms with Crippen molar-refractivity contribution >= 4 is 22.0 Å². The van der Waals surface area contributed by atoms with E-state index in [2.05, 4.69) is 15.4 Å². The Morgan fingerprint density at radius 3 is 2.85 bits per heavy atom. The molecule has 0 unspecified atom stereocenters. The lowest BCUT2D eigenvalue weighted by atomic mass is 10.1. The minimum Gasteiger partial charge on any atom is -0.456 e. The van der Waals surface area contributed by atoms with Crippen molar-refractivity contribution in [2.45, 2.75) is 0 Å². The number of rotatable bonds is 1. The summed E-state index contributed by atoms with van der Waals surface area (Å²) in [5, 5.41) is 11.3. The summed E-state index contributed by atoms with van der Waals surface area (Å²) in [7, 11) is 0. The van der Waals surface area contributed by atoms with E-state index in [-0.39, 0.29) is 5.43 Å². The van der Waals surface area contributed by atoms with Crippen molar-refractivity contribution in [3.8, 4) is 11.3 Å². The molecule has 0 bridgehead atoms. The van der Waals surface area contributed by atoms with E-state index in [1.54, 1.807) is 12.1 Å². The lowest BCUT2D eigenvalue weighted by molar-refractivity contribution is 0.619. The lowest BCUT2D eigenvalue weighted by Gasteiger charge is -2.03. The fraction of sp³-hybridized carbons (Fsp3) is 0. The highest BCUT2D eigenvalue weighted by Gasteiger charge is 2.11. The van der Waals surface area contributed by atoms with Crippen LogP contribution in [0.1, 0.15) is 0 Å². The van der Waals surface area contributed by atoms with Crippen LogP contribution in [0.15, 0.2) is 57.7 Å². The number of benzene rings is 2. The van der Waals surface area contributed by atoms with Gasteiger partial charge in [0.05, 0.1) is 5.39 Å². The van der Waals surface area contributed by atoms with Gasteiger partial charge < -0.3 is 4.42 Å². The second-order valence-corrected chi connectivity index (χ2v) is 4.47.